The monoisotopic (exact) mass is 375 g/mol. The van der Waals surface area contributed by atoms with Crippen LogP contribution in [0.1, 0.15) is 40.6 Å². The fraction of sp³-hybridized carbons (Fsp3) is 0.316. The van der Waals surface area contributed by atoms with Gasteiger partial charge in [-0.2, -0.15) is 0 Å². The van der Waals surface area contributed by atoms with Crippen molar-refractivity contribution >= 4 is 34.2 Å². The molecule has 0 aliphatic rings. The van der Waals surface area contributed by atoms with Gasteiger partial charge in [-0.3, -0.25) is 9.59 Å². The Morgan fingerprint density at radius 1 is 1.12 bits per heavy atom. The number of thiophene rings is 1. The third kappa shape index (κ3) is 5.70. The van der Waals surface area contributed by atoms with Gasteiger partial charge >= 0.3 is 11.9 Å². The minimum Gasteiger partial charge on any atom is -0.469 e. The Hall–Kier alpha value is -2.67. The third-order valence-corrected chi connectivity index (χ3v) is 4.59. The fourth-order valence-electron chi connectivity index (χ4n) is 2.29. The molecule has 0 radical (unpaired) electrons. The number of hydrogen-bond acceptors (Lipinski definition) is 6. The van der Waals surface area contributed by atoms with Crippen molar-refractivity contribution in [2.24, 2.45) is 0 Å². The number of carbonyl (C=O) groups is 3. The molecule has 0 saturated carbocycles. The lowest BCUT2D eigenvalue weighted by atomic mass is 10.1. The summed E-state index contributed by atoms with van der Waals surface area (Å²) in [6.07, 6.45) is 0.621. The molecule has 0 aliphatic carbocycles. The van der Waals surface area contributed by atoms with Gasteiger partial charge in [0.05, 0.1) is 25.7 Å². The van der Waals surface area contributed by atoms with Gasteiger partial charge in [0, 0.05) is 17.7 Å². The van der Waals surface area contributed by atoms with Crippen LogP contribution in [0.25, 0.3) is 0 Å². The highest BCUT2D eigenvalue weighted by Crippen LogP contribution is 2.30. The maximum Gasteiger partial charge on any atom is 0.341 e. The number of benzene rings is 1. The molecule has 0 unspecified atom stereocenters. The van der Waals surface area contributed by atoms with Crippen LogP contribution in [-0.4, -0.2) is 31.6 Å². The summed E-state index contributed by atoms with van der Waals surface area (Å²) in [7, 11) is 1.27. The zero-order valence-electron chi connectivity index (χ0n) is 14.7. The second-order valence-corrected chi connectivity index (χ2v) is 6.60. The van der Waals surface area contributed by atoms with E-state index in [9.17, 15) is 14.4 Å². The lowest BCUT2D eigenvalue weighted by Gasteiger charge is -2.05. The molecule has 1 N–H and O–H groups in total. The highest BCUT2D eigenvalue weighted by Gasteiger charge is 2.19. The minimum absolute atomic E-state index is 0.0130. The number of carbonyl (C=O) groups excluding carboxylic acids is 3. The summed E-state index contributed by atoms with van der Waals surface area (Å²) in [4.78, 5) is 36.3. The highest BCUT2D eigenvalue weighted by atomic mass is 32.1. The minimum atomic E-state index is -0.480. The first-order valence-corrected chi connectivity index (χ1v) is 9.05. The van der Waals surface area contributed by atoms with E-state index in [-0.39, 0.29) is 25.4 Å². The first-order valence-electron chi connectivity index (χ1n) is 8.24. The molecule has 6 nitrogen and oxygen atoms in total. The summed E-state index contributed by atoms with van der Waals surface area (Å²) in [5.74, 6) is -1.29. The maximum absolute atomic E-state index is 12.2. The van der Waals surface area contributed by atoms with Crippen molar-refractivity contribution in [3.63, 3.8) is 0 Å². The first kappa shape index (κ1) is 19.7. The van der Waals surface area contributed by atoms with Crippen molar-refractivity contribution in [2.75, 3.05) is 19.0 Å². The molecular formula is C19H21NO5S. The molecule has 0 saturated heterocycles. The van der Waals surface area contributed by atoms with Crippen LogP contribution in [0, 0.1) is 0 Å². The van der Waals surface area contributed by atoms with Crippen LogP contribution in [0.4, 0.5) is 5.00 Å². The molecule has 0 fully saturated rings. The molecule has 0 aliphatic heterocycles. The second kappa shape index (κ2) is 9.72. The van der Waals surface area contributed by atoms with Crippen LogP contribution in [0.3, 0.4) is 0 Å². The molecule has 0 atom stereocenters. The summed E-state index contributed by atoms with van der Waals surface area (Å²) >= 11 is 1.33. The number of anilines is 1. The Balaban J connectivity index is 2.15. The van der Waals surface area contributed by atoms with Crippen LogP contribution in [-0.2, 0) is 25.5 Å². The average molecular weight is 375 g/mol. The van der Waals surface area contributed by atoms with Gasteiger partial charge in [0.15, 0.2) is 0 Å². The van der Waals surface area contributed by atoms with Gasteiger partial charge in [0.2, 0.25) is 5.91 Å². The summed E-state index contributed by atoms with van der Waals surface area (Å²) in [6.45, 7) is 1.97. The average Bonchev–Trinajstić information content (AvgIpc) is 3.03. The van der Waals surface area contributed by atoms with Crippen molar-refractivity contribution < 1.29 is 23.9 Å². The van der Waals surface area contributed by atoms with Crippen molar-refractivity contribution in [3.05, 3.63) is 52.4 Å². The van der Waals surface area contributed by atoms with Crippen LogP contribution in [0.5, 0.6) is 0 Å². The van der Waals surface area contributed by atoms with Gasteiger partial charge in [-0.25, -0.2) is 4.79 Å². The quantitative estimate of drug-likeness (QED) is 0.715. The SMILES string of the molecule is CCOC(=O)c1cc(Cc2ccccc2)sc1NC(=O)CCC(=O)OC. The molecule has 7 heteroatoms. The van der Waals surface area contributed by atoms with E-state index in [0.29, 0.717) is 17.0 Å². The van der Waals surface area contributed by atoms with Gasteiger partial charge < -0.3 is 14.8 Å². The number of rotatable bonds is 8. The van der Waals surface area contributed by atoms with Crippen molar-refractivity contribution in [1.29, 1.82) is 0 Å². The number of amides is 1. The Labute approximate surface area is 156 Å². The number of hydrogen-bond donors (Lipinski definition) is 1. The smallest absolute Gasteiger partial charge is 0.341 e. The van der Waals surface area contributed by atoms with Crippen molar-refractivity contribution in [1.82, 2.24) is 0 Å². The van der Waals surface area contributed by atoms with E-state index in [1.54, 1.807) is 13.0 Å². The van der Waals surface area contributed by atoms with E-state index in [4.69, 9.17) is 4.74 Å². The lowest BCUT2D eigenvalue weighted by molar-refractivity contribution is -0.141. The van der Waals surface area contributed by atoms with Gasteiger partial charge in [-0.1, -0.05) is 30.3 Å². The molecule has 138 valence electrons. The fourth-order valence-corrected chi connectivity index (χ4v) is 3.38. The lowest BCUT2D eigenvalue weighted by Crippen LogP contribution is -2.15. The van der Waals surface area contributed by atoms with E-state index in [0.717, 1.165) is 10.4 Å². The van der Waals surface area contributed by atoms with Gasteiger partial charge in [0.1, 0.15) is 5.00 Å². The Morgan fingerprint density at radius 2 is 1.85 bits per heavy atom. The predicted molar refractivity (Wildman–Crippen MR) is 99.4 cm³/mol. The molecule has 1 aromatic heterocycles. The summed E-state index contributed by atoms with van der Waals surface area (Å²) in [5, 5.41) is 3.14. The van der Waals surface area contributed by atoms with Crippen LogP contribution in [0.15, 0.2) is 36.4 Å². The maximum atomic E-state index is 12.2. The molecule has 2 aromatic rings. The Morgan fingerprint density at radius 3 is 2.50 bits per heavy atom. The van der Waals surface area contributed by atoms with E-state index in [1.807, 2.05) is 30.3 Å². The third-order valence-electron chi connectivity index (χ3n) is 3.54. The summed E-state index contributed by atoms with van der Waals surface area (Å²) in [5.41, 5.74) is 1.43. The number of esters is 2. The topological polar surface area (TPSA) is 81.7 Å². The standard InChI is InChI=1S/C19H21NO5S/c1-3-25-19(23)15-12-14(11-13-7-5-4-6-8-13)26-18(15)20-16(21)9-10-17(22)24-2/h4-8,12H,3,9-11H2,1-2H3,(H,20,21). The van der Waals surface area contributed by atoms with Crippen molar-refractivity contribution in [3.8, 4) is 0 Å². The van der Waals surface area contributed by atoms with Crippen molar-refractivity contribution in [2.45, 2.75) is 26.2 Å². The van der Waals surface area contributed by atoms with Crippen LogP contribution in [0.2, 0.25) is 0 Å². The molecular weight excluding hydrogens is 354 g/mol. The van der Waals surface area contributed by atoms with Crippen LogP contribution >= 0.6 is 11.3 Å². The summed E-state index contributed by atoms with van der Waals surface area (Å²) < 4.78 is 9.60. The number of nitrogens with one attached hydrogen (secondary N) is 1. The molecule has 0 bridgehead atoms. The second-order valence-electron chi connectivity index (χ2n) is 5.46. The molecule has 1 aromatic carbocycles. The predicted octanol–water partition coefficient (Wildman–Crippen LogP) is 3.41. The van der Waals surface area contributed by atoms with E-state index >= 15 is 0 Å². The first-order chi connectivity index (χ1) is 12.5. The van der Waals surface area contributed by atoms with Gasteiger partial charge in [0.25, 0.3) is 0 Å². The number of methoxy groups -OCH3 is 1. The largest absolute Gasteiger partial charge is 0.469 e. The number of ether oxygens (including phenoxy) is 2. The molecule has 26 heavy (non-hydrogen) atoms. The Bertz CT molecular complexity index is 769. The molecule has 1 heterocycles. The molecule has 2 rings (SSSR count). The normalized spacial score (nSPS) is 10.2. The van der Waals surface area contributed by atoms with Crippen LogP contribution < -0.4 is 5.32 Å². The molecule has 0 spiro atoms. The zero-order valence-corrected chi connectivity index (χ0v) is 15.6. The Kier molecular flexibility index (Phi) is 7.35. The van der Waals surface area contributed by atoms with Gasteiger partial charge in [-0.05, 0) is 18.6 Å². The van der Waals surface area contributed by atoms with E-state index in [2.05, 4.69) is 10.1 Å². The van der Waals surface area contributed by atoms with Gasteiger partial charge in [-0.15, -0.1) is 11.3 Å². The van der Waals surface area contributed by atoms with E-state index < -0.39 is 11.9 Å². The highest BCUT2D eigenvalue weighted by molar-refractivity contribution is 7.16. The zero-order chi connectivity index (χ0) is 18.9. The summed E-state index contributed by atoms with van der Waals surface area (Å²) in [6, 6.07) is 11.6. The van der Waals surface area contributed by atoms with E-state index in [1.165, 1.54) is 18.4 Å². The molecule has 1 amide bonds.